The Balaban J connectivity index is 1.82. The highest BCUT2D eigenvalue weighted by molar-refractivity contribution is 5.91. The van der Waals surface area contributed by atoms with Crippen LogP contribution in [0.2, 0.25) is 0 Å². The minimum Gasteiger partial charge on any atom is -0.493 e. The smallest absolute Gasteiger partial charge is 0.352 e. The van der Waals surface area contributed by atoms with Crippen molar-refractivity contribution >= 4 is 5.91 Å². The molecule has 2 heterocycles. The summed E-state index contributed by atoms with van der Waals surface area (Å²) in [6.45, 7) is -0.155. The van der Waals surface area contributed by atoms with Crippen molar-refractivity contribution in [3.63, 3.8) is 0 Å². The third kappa shape index (κ3) is 5.14. The fourth-order valence-electron chi connectivity index (χ4n) is 3.51. The molecule has 2 aromatic carbocycles. The Bertz CT molecular complexity index is 1520. The highest BCUT2D eigenvalue weighted by Gasteiger charge is 2.21. The van der Waals surface area contributed by atoms with Gasteiger partial charge in [-0.3, -0.25) is 19.1 Å². The predicted octanol–water partition coefficient (Wildman–Crippen LogP) is 1.92. The van der Waals surface area contributed by atoms with Crippen molar-refractivity contribution in [3.8, 4) is 17.2 Å². The maximum atomic E-state index is 13.8. The summed E-state index contributed by atoms with van der Waals surface area (Å²) in [6.07, 6.45) is 3.14. The molecule has 0 radical (unpaired) electrons. The Kier molecular flexibility index (Phi) is 7.19. The lowest BCUT2D eigenvalue weighted by Gasteiger charge is -2.14. The number of pyridine rings is 1. The van der Waals surface area contributed by atoms with Crippen molar-refractivity contribution in [2.24, 2.45) is 0 Å². The first kappa shape index (κ1) is 24.3. The normalized spacial score (nSPS) is 10.6. The van der Waals surface area contributed by atoms with Gasteiger partial charge in [0.05, 0.1) is 26.5 Å². The van der Waals surface area contributed by atoms with E-state index in [9.17, 15) is 18.8 Å². The maximum Gasteiger partial charge on any atom is 0.352 e. The number of carbonyl (C=O) groups is 1. The molecule has 1 N–H and O–H groups in total. The van der Waals surface area contributed by atoms with Gasteiger partial charge in [-0.25, -0.2) is 9.18 Å². The third-order valence-corrected chi connectivity index (χ3v) is 5.32. The van der Waals surface area contributed by atoms with E-state index in [1.165, 1.54) is 44.6 Å². The number of aromatic nitrogens is 4. The lowest BCUT2D eigenvalue weighted by atomic mass is 10.2. The lowest BCUT2D eigenvalue weighted by molar-refractivity contribution is 0.0941. The van der Waals surface area contributed by atoms with Crippen LogP contribution in [-0.4, -0.2) is 39.5 Å². The molecule has 0 aliphatic carbocycles. The first-order valence-electron chi connectivity index (χ1n) is 10.8. The predicted molar refractivity (Wildman–Crippen MR) is 128 cm³/mol. The van der Waals surface area contributed by atoms with Gasteiger partial charge in [0.2, 0.25) is 5.69 Å². The summed E-state index contributed by atoms with van der Waals surface area (Å²) in [7, 11) is 2.90. The van der Waals surface area contributed by atoms with Gasteiger partial charge in [0.15, 0.2) is 11.5 Å². The molecule has 0 fully saturated rings. The van der Waals surface area contributed by atoms with Gasteiger partial charge in [-0.15, -0.1) is 0 Å². The summed E-state index contributed by atoms with van der Waals surface area (Å²) in [5.41, 5.74) is -0.881. The van der Waals surface area contributed by atoms with Crippen LogP contribution in [0.1, 0.15) is 21.6 Å². The number of hydrogen-bond acceptors (Lipinski definition) is 7. The largest absolute Gasteiger partial charge is 0.493 e. The van der Waals surface area contributed by atoms with Gasteiger partial charge >= 0.3 is 5.69 Å². The molecule has 2 aromatic heterocycles. The number of benzene rings is 2. The van der Waals surface area contributed by atoms with Crippen molar-refractivity contribution in [2.45, 2.75) is 13.1 Å². The number of hydrogen-bond donors (Lipinski definition) is 1. The molecule has 0 aliphatic rings. The minimum atomic E-state index is -0.909. The van der Waals surface area contributed by atoms with E-state index in [4.69, 9.17) is 9.47 Å². The van der Waals surface area contributed by atoms with E-state index in [0.29, 0.717) is 17.1 Å². The van der Waals surface area contributed by atoms with Crippen LogP contribution in [0.25, 0.3) is 5.69 Å². The van der Waals surface area contributed by atoms with Gasteiger partial charge in [-0.05, 0) is 47.5 Å². The molecule has 10 nitrogen and oxygen atoms in total. The number of rotatable bonds is 8. The standard InChI is InChI=1S/C25H22FN5O5/c1-35-20-7-6-19(13-21(20)36-2)31-25(34)30(15-17-4-3-5-18(26)12-17)24(33)22(29-31)23(32)28-14-16-8-10-27-11-9-16/h3-13H,14-15H2,1-2H3,(H,28,32). The number of nitrogens with zero attached hydrogens (tertiary/aromatic N) is 4. The number of ether oxygens (including phenoxy) is 2. The van der Waals surface area contributed by atoms with E-state index in [1.54, 1.807) is 36.7 Å². The first-order chi connectivity index (χ1) is 17.4. The summed E-state index contributed by atoms with van der Waals surface area (Å²) < 4.78 is 26.1. The van der Waals surface area contributed by atoms with E-state index in [2.05, 4.69) is 15.4 Å². The molecule has 0 saturated carbocycles. The van der Waals surface area contributed by atoms with Crippen molar-refractivity contribution in [2.75, 3.05) is 14.2 Å². The molecule has 4 aromatic rings. The summed E-state index contributed by atoms with van der Waals surface area (Å²) in [5, 5.41) is 6.71. The van der Waals surface area contributed by atoms with Crippen LogP contribution < -0.4 is 26.0 Å². The Morgan fingerprint density at radius 2 is 1.72 bits per heavy atom. The van der Waals surface area contributed by atoms with Crippen LogP contribution in [0.5, 0.6) is 11.5 Å². The number of amides is 1. The average molecular weight is 491 g/mol. The van der Waals surface area contributed by atoms with E-state index in [1.807, 2.05) is 0 Å². The van der Waals surface area contributed by atoms with Crippen LogP contribution in [-0.2, 0) is 13.1 Å². The molecule has 0 atom stereocenters. The molecule has 0 aliphatic heterocycles. The summed E-state index contributed by atoms with van der Waals surface area (Å²) in [6, 6.07) is 13.5. The quantitative estimate of drug-likeness (QED) is 0.400. The summed E-state index contributed by atoms with van der Waals surface area (Å²) in [4.78, 5) is 43.5. The van der Waals surface area contributed by atoms with E-state index in [0.717, 1.165) is 14.8 Å². The minimum absolute atomic E-state index is 0.113. The zero-order valence-corrected chi connectivity index (χ0v) is 19.5. The van der Waals surface area contributed by atoms with Gasteiger partial charge < -0.3 is 14.8 Å². The molecule has 0 spiro atoms. The number of halogens is 1. The second-order valence-corrected chi connectivity index (χ2v) is 7.64. The maximum absolute atomic E-state index is 13.8. The highest BCUT2D eigenvalue weighted by atomic mass is 19.1. The van der Waals surface area contributed by atoms with E-state index >= 15 is 0 Å². The zero-order valence-electron chi connectivity index (χ0n) is 19.5. The van der Waals surface area contributed by atoms with Crippen LogP contribution in [0.3, 0.4) is 0 Å². The molecule has 4 rings (SSSR count). The molecular formula is C25H22FN5O5. The molecule has 36 heavy (non-hydrogen) atoms. The molecule has 1 amide bonds. The van der Waals surface area contributed by atoms with Gasteiger partial charge in [0, 0.05) is 25.0 Å². The SMILES string of the molecule is COc1ccc(-n2nc(C(=O)NCc3ccncc3)c(=O)n(Cc3cccc(F)c3)c2=O)cc1OC. The molecule has 184 valence electrons. The Morgan fingerprint density at radius 1 is 0.972 bits per heavy atom. The lowest BCUT2D eigenvalue weighted by Crippen LogP contribution is -2.46. The number of methoxy groups -OCH3 is 2. The van der Waals surface area contributed by atoms with Crippen molar-refractivity contribution < 1.29 is 18.7 Å². The Labute approximate surface area is 204 Å². The van der Waals surface area contributed by atoms with Crippen molar-refractivity contribution in [1.29, 1.82) is 0 Å². The topological polar surface area (TPSA) is 117 Å². The van der Waals surface area contributed by atoms with Gasteiger partial charge in [-0.1, -0.05) is 12.1 Å². The Morgan fingerprint density at radius 3 is 2.42 bits per heavy atom. The second-order valence-electron chi connectivity index (χ2n) is 7.64. The van der Waals surface area contributed by atoms with Gasteiger partial charge in [0.25, 0.3) is 11.5 Å². The van der Waals surface area contributed by atoms with E-state index < -0.39 is 28.7 Å². The zero-order chi connectivity index (χ0) is 25.7. The molecule has 0 unspecified atom stereocenters. The first-order valence-corrected chi connectivity index (χ1v) is 10.8. The Hall–Kier alpha value is -4.80. The number of nitrogens with one attached hydrogen (secondary N) is 1. The fourth-order valence-corrected chi connectivity index (χ4v) is 3.51. The van der Waals surface area contributed by atoms with Crippen molar-refractivity contribution in [3.05, 3.63) is 110 Å². The monoisotopic (exact) mass is 491 g/mol. The summed E-state index contributed by atoms with van der Waals surface area (Å²) in [5.74, 6) is -0.572. The van der Waals surface area contributed by atoms with Crippen LogP contribution >= 0.6 is 0 Å². The van der Waals surface area contributed by atoms with Gasteiger partial charge in [0.1, 0.15) is 5.82 Å². The molecule has 11 heteroatoms. The van der Waals surface area contributed by atoms with Crippen LogP contribution in [0.4, 0.5) is 4.39 Å². The third-order valence-electron chi connectivity index (χ3n) is 5.32. The van der Waals surface area contributed by atoms with Gasteiger partial charge in [-0.2, -0.15) is 9.78 Å². The molecule has 0 saturated heterocycles. The molecule has 0 bridgehead atoms. The second kappa shape index (κ2) is 10.6. The van der Waals surface area contributed by atoms with E-state index in [-0.39, 0.29) is 18.8 Å². The van der Waals surface area contributed by atoms with Crippen LogP contribution in [0, 0.1) is 5.82 Å². The fraction of sp³-hybridized carbons (Fsp3) is 0.160. The summed E-state index contributed by atoms with van der Waals surface area (Å²) >= 11 is 0. The molecular weight excluding hydrogens is 469 g/mol. The van der Waals surface area contributed by atoms with Crippen LogP contribution in [0.15, 0.2) is 76.6 Å². The number of carbonyl (C=O) groups excluding carboxylic acids is 1. The highest BCUT2D eigenvalue weighted by Crippen LogP contribution is 2.28. The average Bonchev–Trinajstić information content (AvgIpc) is 2.90. The van der Waals surface area contributed by atoms with Crippen molar-refractivity contribution in [1.82, 2.24) is 24.6 Å².